The summed E-state index contributed by atoms with van der Waals surface area (Å²) in [7, 11) is 3.08. The number of hydrogen-bond acceptors (Lipinski definition) is 6. The standard InChI is InChI=1S/C16H15ClN4O4S/c1-24-14-6-4-11(8-15(14)25-2)19-16(26)20-18-9-10-3-5-12(17)13(7-10)21(22)23/h3-9H,1-2H3,(H2,19,20,26)/b18-9-. The topological polar surface area (TPSA) is 98.0 Å². The first-order chi connectivity index (χ1) is 12.4. The van der Waals surface area contributed by atoms with Crippen molar-refractivity contribution in [1.29, 1.82) is 0 Å². The minimum atomic E-state index is -0.559. The number of nitro groups is 1. The second-order valence-electron chi connectivity index (χ2n) is 4.86. The maximum atomic E-state index is 10.9. The Hall–Kier alpha value is -2.91. The quantitative estimate of drug-likeness (QED) is 0.334. The second kappa shape index (κ2) is 8.97. The Morgan fingerprint density at radius 1 is 1.23 bits per heavy atom. The predicted octanol–water partition coefficient (Wildman–Crippen LogP) is 3.59. The van der Waals surface area contributed by atoms with E-state index < -0.39 is 4.92 Å². The number of benzene rings is 2. The van der Waals surface area contributed by atoms with Crippen molar-refractivity contribution in [2.75, 3.05) is 19.5 Å². The molecule has 0 aliphatic carbocycles. The van der Waals surface area contributed by atoms with Gasteiger partial charge in [0, 0.05) is 23.4 Å². The van der Waals surface area contributed by atoms with E-state index in [1.807, 2.05) is 0 Å². The highest BCUT2D eigenvalue weighted by Gasteiger charge is 2.11. The number of hydrazone groups is 1. The number of anilines is 1. The minimum Gasteiger partial charge on any atom is -0.493 e. The summed E-state index contributed by atoms with van der Waals surface area (Å²) in [6, 6.07) is 9.57. The van der Waals surface area contributed by atoms with Gasteiger partial charge < -0.3 is 14.8 Å². The molecule has 8 nitrogen and oxygen atoms in total. The van der Waals surface area contributed by atoms with E-state index in [2.05, 4.69) is 15.8 Å². The zero-order valence-corrected chi connectivity index (χ0v) is 15.4. The molecular formula is C16H15ClN4O4S. The summed E-state index contributed by atoms with van der Waals surface area (Å²) >= 11 is 10.9. The monoisotopic (exact) mass is 394 g/mol. The van der Waals surface area contributed by atoms with Gasteiger partial charge in [-0.25, -0.2) is 0 Å². The van der Waals surface area contributed by atoms with E-state index in [9.17, 15) is 10.1 Å². The number of halogens is 1. The van der Waals surface area contributed by atoms with Crippen LogP contribution in [0.15, 0.2) is 41.5 Å². The van der Waals surface area contributed by atoms with Crippen molar-refractivity contribution in [1.82, 2.24) is 5.43 Å². The fourth-order valence-corrected chi connectivity index (χ4v) is 2.35. The summed E-state index contributed by atoms with van der Waals surface area (Å²) in [5.74, 6) is 1.15. The van der Waals surface area contributed by atoms with Crippen LogP contribution in [0.3, 0.4) is 0 Å². The molecule has 0 saturated carbocycles. The SMILES string of the molecule is COc1ccc(NC(=S)N/N=C\c2ccc(Cl)c([N+](=O)[O-])c2)cc1OC. The molecular weight excluding hydrogens is 380 g/mol. The highest BCUT2D eigenvalue weighted by atomic mass is 35.5. The molecule has 0 bridgehead atoms. The maximum absolute atomic E-state index is 10.9. The Labute approximate surface area is 159 Å². The van der Waals surface area contributed by atoms with Crippen LogP contribution in [0.4, 0.5) is 11.4 Å². The fraction of sp³-hybridized carbons (Fsp3) is 0.125. The Balaban J connectivity index is 1.99. The van der Waals surface area contributed by atoms with Crippen molar-refractivity contribution in [2.45, 2.75) is 0 Å². The number of rotatable bonds is 6. The molecule has 0 aromatic heterocycles. The number of nitrogens with zero attached hydrogens (tertiary/aromatic N) is 2. The minimum absolute atomic E-state index is 0.0609. The molecule has 0 aliphatic rings. The summed E-state index contributed by atoms with van der Waals surface area (Å²) in [6.07, 6.45) is 1.39. The van der Waals surface area contributed by atoms with E-state index in [1.165, 1.54) is 25.5 Å². The molecule has 0 aliphatic heterocycles. The third-order valence-electron chi connectivity index (χ3n) is 3.19. The van der Waals surface area contributed by atoms with Crippen LogP contribution in [0.5, 0.6) is 11.5 Å². The van der Waals surface area contributed by atoms with E-state index in [-0.39, 0.29) is 15.8 Å². The van der Waals surface area contributed by atoms with Crippen LogP contribution in [0, 0.1) is 10.1 Å². The second-order valence-corrected chi connectivity index (χ2v) is 5.68. The van der Waals surface area contributed by atoms with Gasteiger partial charge in [0.05, 0.1) is 25.4 Å². The number of nitrogens with one attached hydrogen (secondary N) is 2. The normalized spacial score (nSPS) is 10.4. The molecule has 2 N–H and O–H groups in total. The number of ether oxygens (including phenoxy) is 2. The smallest absolute Gasteiger partial charge is 0.288 e. The molecule has 0 heterocycles. The van der Waals surface area contributed by atoms with Crippen LogP contribution in [0.1, 0.15) is 5.56 Å². The van der Waals surface area contributed by atoms with Gasteiger partial charge >= 0.3 is 0 Å². The Bertz CT molecular complexity index is 860. The number of methoxy groups -OCH3 is 2. The number of hydrogen-bond donors (Lipinski definition) is 2. The van der Waals surface area contributed by atoms with Crippen LogP contribution in [-0.2, 0) is 0 Å². The van der Waals surface area contributed by atoms with Crippen LogP contribution in [0.25, 0.3) is 0 Å². The van der Waals surface area contributed by atoms with Gasteiger partial charge in [0.1, 0.15) is 5.02 Å². The number of nitro benzene ring substituents is 1. The summed E-state index contributed by atoms with van der Waals surface area (Å²) in [5, 5.41) is 18.0. The van der Waals surface area contributed by atoms with Crippen molar-refractivity contribution in [2.24, 2.45) is 5.10 Å². The predicted molar refractivity (Wildman–Crippen MR) is 105 cm³/mol. The Morgan fingerprint density at radius 2 is 1.96 bits per heavy atom. The van der Waals surface area contributed by atoms with Gasteiger partial charge in [-0.2, -0.15) is 5.10 Å². The van der Waals surface area contributed by atoms with Crippen LogP contribution in [-0.4, -0.2) is 30.5 Å². The van der Waals surface area contributed by atoms with Gasteiger partial charge in [0.15, 0.2) is 16.6 Å². The van der Waals surface area contributed by atoms with Crippen LogP contribution in [0.2, 0.25) is 5.02 Å². The fourth-order valence-electron chi connectivity index (χ4n) is 1.99. The summed E-state index contributed by atoms with van der Waals surface area (Å²) in [4.78, 5) is 10.3. The Morgan fingerprint density at radius 3 is 2.62 bits per heavy atom. The largest absolute Gasteiger partial charge is 0.493 e. The highest BCUT2D eigenvalue weighted by Crippen LogP contribution is 2.29. The molecule has 0 radical (unpaired) electrons. The molecule has 0 amide bonds. The molecule has 136 valence electrons. The molecule has 0 fully saturated rings. The zero-order valence-electron chi connectivity index (χ0n) is 13.9. The van der Waals surface area contributed by atoms with E-state index in [0.717, 1.165) is 0 Å². The van der Waals surface area contributed by atoms with Gasteiger partial charge in [-0.1, -0.05) is 17.7 Å². The molecule has 0 saturated heterocycles. The molecule has 2 aromatic carbocycles. The van der Waals surface area contributed by atoms with Crippen molar-refractivity contribution < 1.29 is 14.4 Å². The summed E-state index contributed by atoms with van der Waals surface area (Å²) < 4.78 is 10.4. The third kappa shape index (κ3) is 5.04. The molecule has 26 heavy (non-hydrogen) atoms. The van der Waals surface area contributed by atoms with Crippen LogP contribution < -0.4 is 20.2 Å². The van der Waals surface area contributed by atoms with E-state index in [4.69, 9.17) is 33.3 Å². The van der Waals surface area contributed by atoms with Crippen LogP contribution >= 0.6 is 23.8 Å². The first kappa shape index (κ1) is 19.4. The average molecular weight is 395 g/mol. The molecule has 2 rings (SSSR count). The van der Waals surface area contributed by atoms with Crippen molar-refractivity contribution >= 4 is 46.5 Å². The first-order valence-corrected chi connectivity index (χ1v) is 7.99. The highest BCUT2D eigenvalue weighted by molar-refractivity contribution is 7.80. The Kier molecular flexibility index (Phi) is 6.70. The lowest BCUT2D eigenvalue weighted by Crippen LogP contribution is -2.23. The van der Waals surface area contributed by atoms with E-state index in [1.54, 1.807) is 31.4 Å². The van der Waals surface area contributed by atoms with Crippen molar-refractivity contribution in [3.8, 4) is 11.5 Å². The van der Waals surface area contributed by atoms with Crippen molar-refractivity contribution in [3.05, 3.63) is 57.1 Å². The summed E-state index contributed by atoms with van der Waals surface area (Å²) in [6.45, 7) is 0. The molecule has 0 unspecified atom stereocenters. The van der Waals surface area contributed by atoms with Gasteiger partial charge in [-0.3, -0.25) is 15.5 Å². The first-order valence-electron chi connectivity index (χ1n) is 7.20. The third-order valence-corrected chi connectivity index (χ3v) is 3.70. The lowest BCUT2D eigenvalue weighted by Gasteiger charge is -2.11. The van der Waals surface area contributed by atoms with E-state index in [0.29, 0.717) is 22.7 Å². The van der Waals surface area contributed by atoms with Crippen molar-refractivity contribution in [3.63, 3.8) is 0 Å². The van der Waals surface area contributed by atoms with Gasteiger partial charge in [0.25, 0.3) is 5.69 Å². The zero-order chi connectivity index (χ0) is 19.1. The molecule has 2 aromatic rings. The van der Waals surface area contributed by atoms with E-state index >= 15 is 0 Å². The maximum Gasteiger partial charge on any atom is 0.288 e. The van der Waals surface area contributed by atoms with Gasteiger partial charge in [0.2, 0.25) is 0 Å². The molecule has 0 atom stereocenters. The van der Waals surface area contributed by atoms with Gasteiger partial charge in [-0.05, 0) is 30.4 Å². The summed E-state index contributed by atoms with van der Waals surface area (Å²) in [5.41, 5.74) is 3.61. The molecule has 0 spiro atoms. The van der Waals surface area contributed by atoms with Gasteiger partial charge in [-0.15, -0.1) is 0 Å². The number of thiocarbonyl (C=S) groups is 1. The molecule has 10 heteroatoms. The average Bonchev–Trinajstić information content (AvgIpc) is 2.62. The lowest BCUT2D eigenvalue weighted by atomic mass is 10.2. The lowest BCUT2D eigenvalue weighted by molar-refractivity contribution is -0.384.